The number of hydrogen-bond acceptors (Lipinski definition) is 4. The van der Waals surface area contributed by atoms with Gasteiger partial charge in [0.05, 0.1) is 0 Å². The van der Waals surface area contributed by atoms with Gasteiger partial charge in [0.25, 0.3) is 0 Å². The molecule has 0 saturated carbocycles. The van der Waals surface area contributed by atoms with Crippen LogP contribution in [0.1, 0.15) is 5.56 Å². The van der Waals surface area contributed by atoms with E-state index in [1.54, 1.807) is 0 Å². The van der Waals surface area contributed by atoms with E-state index >= 15 is 0 Å². The third kappa shape index (κ3) is 5.52. The van der Waals surface area contributed by atoms with Crippen LogP contribution in [0.3, 0.4) is 0 Å². The van der Waals surface area contributed by atoms with Gasteiger partial charge in [-0.1, -0.05) is 42.5 Å². The van der Waals surface area contributed by atoms with E-state index in [0.717, 1.165) is 77.5 Å². The Morgan fingerprint density at radius 1 is 0.522 bits per heavy atom. The van der Waals surface area contributed by atoms with Gasteiger partial charge in [-0.15, -0.1) is 71.8 Å². The number of nitrogens with zero attached hydrogens (tertiary/aromatic N) is 2. The number of furan rings is 2. The van der Waals surface area contributed by atoms with Gasteiger partial charge in [-0.2, -0.15) is 0 Å². The molecule has 9 aromatic rings. The number of rotatable bonds is 3. The van der Waals surface area contributed by atoms with Gasteiger partial charge in [-0.3, -0.25) is 0 Å². The number of benzene rings is 5. The Morgan fingerprint density at radius 2 is 1.15 bits per heavy atom. The van der Waals surface area contributed by atoms with E-state index in [2.05, 4.69) is 52.4 Å². The normalized spacial score (nSPS) is 11.0. The van der Waals surface area contributed by atoms with Crippen molar-refractivity contribution in [1.29, 1.82) is 0 Å². The van der Waals surface area contributed by atoms with Gasteiger partial charge in [0, 0.05) is 54.0 Å². The Bertz CT molecular complexity index is 2430. The summed E-state index contributed by atoms with van der Waals surface area (Å²) in [5.74, 6) is 0. The smallest absolute Gasteiger partial charge is 0.136 e. The Hall–Kier alpha value is -5.35. The fourth-order valence-electron chi connectivity index (χ4n) is 5.75. The Kier molecular flexibility index (Phi) is 8.02. The van der Waals surface area contributed by atoms with Crippen molar-refractivity contribution in [2.24, 2.45) is 0 Å². The molecule has 0 spiro atoms. The molecule has 0 aliphatic rings. The van der Waals surface area contributed by atoms with Crippen LogP contribution in [-0.4, -0.2) is 9.97 Å². The number of aryl methyl sites for hydroxylation is 1. The van der Waals surface area contributed by atoms with Gasteiger partial charge in [0.2, 0.25) is 0 Å². The van der Waals surface area contributed by atoms with Crippen molar-refractivity contribution in [3.8, 4) is 33.6 Å². The molecule has 9 rings (SSSR count). The minimum Gasteiger partial charge on any atom is -0.456 e. The second-order valence-corrected chi connectivity index (χ2v) is 10.9. The van der Waals surface area contributed by atoms with Crippen molar-refractivity contribution in [2.45, 2.75) is 6.92 Å². The summed E-state index contributed by atoms with van der Waals surface area (Å²) in [5, 5.41) is 4.38. The monoisotopic (exact) mass is 771 g/mol. The summed E-state index contributed by atoms with van der Waals surface area (Å²) in [5.41, 5.74) is 10.8. The molecule has 5 heteroatoms. The predicted octanol–water partition coefficient (Wildman–Crippen LogP) is 10.9. The maximum absolute atomic E-state index is 6.20. The molecule has 0 aliphatic heterocycles. The van der Waals surface area contributed by atoms with Crippen molar-refractivity contribution >= 4 is 43.9 Å². The van der Waals surface area contributed by atoms with E-state index in [4.69, 9.17) is 8.83 Å². The SMILES string of the molecule is Cc1ccc(-c2[c-]cccc2)nc1.[Ir].[c-]1ccccc1-c1cc(-c2ccc3oc4ccc5oc6ccccc6c5c4c3c2)ccn1. The summed E-state index contributed by atoms with van der Waals surface area (Å²) in [6.07, 6.45) is 3.72. The average molecular weight is 771 g/mol. The molecule has 4 aromatic heterocycles. The number of fused-ring (bicyclic) bond motifs is 7. The first-order valence-corrected chi connectivity index (χ1v) is 14.8. The first-order chi connectivity index (χ1) is 22.2. The van der Waals surface area contributed by atoms with E-state index in [0.29, 0.717) is 0 Å². The summed E-state index contributed by atoms with van der Waals surface area (Å²) in [7, 11) is 0. The predicted molar refractivity (Wildman–Crippen MR) is 182 cm³/mol. The summed E-state index contributed by atoms with van der Waals surface area (Å²) in [6, 6.07) is 48.9. The van der Waals surface area contributed by atoms with Crippen LogP contribution in [-0.2, 0) is 20.1 Å². The summed E-state index contributed by atoms with van der Waals surface area (Å²) in [4.78, 5) is 8.86. The van der Waals surface area contributed by atoms with Crippen LogP contribution in [0.25, 0.3) is 77.5 Å². The fraction of sp³-hybridized carbons (Fsp3) is 0.0244. The summed E-state index contributed by atoms with van der Waals surface area (Å²) in [6.45, 7) is 2.03. The van der Waals surface area contributed by atoms with Crippen LogP contribution in [0, 0.1) is 19.1 Å². The van der Waals surface area contributed by atoms with Gasteiger partial charge in [0.1, 0.15) is 22.3 Å². The van der Waals surface area contributed by atoms with Crippen LogP contribution >= 0.6 is 0 Å². The molecular formula is C41H26IrN2O2-2. The van der Waals surface area contributed by atoms with Crippen molar-refractivity contribution in [1.82, 2.24) is 9.97 Å². The third-order valence-corrected chi connectivity index (χ3v) is 7.95. The minimum atomic E-state index is 0. The van der Waals surface area contributed by atoms with E-state index in [1.165, 1.54) is 5.56 Å². The Morgan fingerprint density at radius 3 is 1.85 bits per heavy atom. The molecule has 0 atom stereocenters. The van der Waals surface area contributed by atoms with E-state index < -0.39 is 0 Å². The second-order valence-electron chi connectivity index (χ2n) is 10.9. The molecule has 0 unspecified atom stereocenters. The standard InChI is InChI=1S/C29H16NO2.C12H10N.Ir/c1-2-6-18(7-3-1)23-17-20(14-15-30-23)19-10-11-25-22(16-19)29-27(32-25)13-12-26-28(29)21-8-4-5-9-24(21)31-26;1-10-7-8-12(13-9-10)11-5-3-2-4-6-11;/h1-6,8-17H;2-5,7-9H,1H3;/q2*-1;. The van der Waals surface area contributed by atoms with Gasteiger partial charge < -0.3 is 18.8 Å². The minimum absolute atomic E-state index is 0. The van der Waals surface area contributed by atoms with E-state index in [1.807, 2.05) is 116 Å². The average Bonchev–Trinajstić information content (AvgIpc) is 3.67. The molecule has 0 N–H and O–H groups in total. The topological polar surface area (TPSA) is 52.1 Å². The van der Waals surface area contributed by atoms with Crippen molar-refractivity contribution in [3.05, 3.63) is 157 Å². The second kappa shape index (κ2) is 12.6. The van der Waals surface area contributed by atoms with E-state index in [9.17, 15) is 0 Å². The van der Waals surface area contributed by atoms with Crippen molar-refractivity contribution < 1.29 is 28.9 Å². The number of para-hydroxylation sites is 1. The first kappa shape index (κ1) is 29.4. The van der Waals surface area contributed by atoms with Crippen molar-refractivity contribution in [3.63, 3.8) is 0 Å². The molecule has 4 nitrogen and oxygen atoms in total. The molecule has 0 saturated heterocycles. The van der Waals surface area contributed by atoms with Crippen LogP contribution in [0.15, 0.2) is 149 Å². The van der Waals surface area contributed by atoms with Gasteiger partial charge in [-0.25, -0.2) is 0 Å². The quantitative estimate of drug-likeness (QED) is 0.168. The van der Waals surface area contributed by atoms with Gasteiger partial charge in [-0.05, 0) is 71.4 Å². The largest absolute Gasteiger partial charge is 0.456 e. The maximum atomic E-state index is 6.20. The molecule has 4 heterocycles. The molecule has 0 fully saturated rings. The summed E-state index contributed by atoms with van der Waals surface area (Å²) >= 11 is 0. The molecule has 46 heavy (non-hydrogen) atoms. The number of aromatic nitrogens is 2. The van der Waals surface area contributed by atoms with Crippen molar-refractivity contribution in [2.75, 3.05) is 0 Å². The van der Waals surface area contributed by atoms with Crippen LogP contribution in [0.2, 0.25) is 0 Å². The van der Waals surface area contributed by atoms with Gasteiger partial charge >= 0.3 is 0 Å². The molecule has 0 aliphatic carbocycles. The molecule has 0 amide bonds. The zero-order valence-corrected chi connectivity index (χ0v) is 27.2. The maximum Gasteiger partial charge on any atom is 0.136 e. The van der Waals surface area contributed by atoms with Crippen LogP contribution in [0.5, 0.6) is 0 Å². The molecule has 5 aromatic carbocycles. The zero-order chi connectivity index (χ0) is 30.2. The zero-order valence-electron chi connectivity index (χ0n) is 24.8. The fourth-order valence-corrected chi connectivity index (χ4v) is 5.75. The molecule has 223 valence electrons. The van der Waals surface area contributed by atoms with Crippen LogP contribution in [0.4, 0.5) is 0 Å². The number of pyridine rings is 2. The summed E-state index contributed by atoms with van der Waals surface area (Å²) < 4.78 is 12.3. The Balaban J connectivity index is 0.000000204. The first-order valence-electron chi connectivity index (χ1n) is 14.8. The molecule has 1 radical (unpaired) electrons. The van der Waals surface area contributed by atoms with Gasteiger partial charge in [0.15, 0.2) is 0 Å². The molecular weight excluding hydrogens is 745 g/mol. The van der Waals surface area contributed by atoms with Crippen LogP contribution < -0.4 is 0 Å². The van der Waals surface area contributed by atoms with E-state index in [-0.39, 0.29) is 20.1 Å². The third-order valence-electron chi connectivity index (χ3n) is 7.95. The number of hydrogen-bond donors (Lipinski definition) is 0. The Labute approximate surface area is 279 Å². The molecule has 0 bridgehead atoms.